The molecular formula is C32H55N3O6. The number of benzene rings is 1. The van der Waals surface area contributed by atoms with Crippen molar-refractivity contribution in [2.75, 3.05) is 27.4 Å². The minimum Gasteiger partial charge on any atom is -0.493 e. The number of aliphatic hydroxyl groups excluding tert-OH is 1. The van der Waals surface area contributed by atoms with Crippen molar-refractivity contribution >= 4 is 11.8 Å². The molecule has 2 amide bonds. The Labute approximate surface area is 247 Å². The highest BCUT2D eigenvalue weighted by Crippen LogP contribution is 2.32. The molecular weight excluding hydrogens is 522 g/mol. The van der Waals surface area contributed by atoms with Gasteiger partial charge >= 0.3 is 0 Å². The molecule has 0 aromatic heterocycles. The van der Waals surface area contributed by atoms with Crippen LogP contribution in [0.15, 0.2) is 18.2 Å². The minimum absolute atomic E-state index is 0.00923. The molecule has 2 rings (SSSR count). The van der Waals surface area contributed by atoms with Crippen LogP contribution in [0.5, 0.6) is 11.5 Å². The summed E-state index contributed by atoms with van der Waals surface area (Å²) in [5, 5.41) is 14.2. The molecule has 41 heavy (non-hydrogen) atoms. The Morgan fingerprint density at radius 1 is 1.02 bits per heavy atom. The lowest BCUT2D eigenvalue weighted by molar-refractivity contribution is -0.130. The number of nitrogens with one attached hydrogen (secondary N) is 1. The Morgan fingerprint density at radius 3 is 2.34 bits per heavy atom. The molecule has 1 saturated carbocycles. The highest BCUT2D eigenvalue weighted by atomic mass is 16.5. The van der Waals surface area contributed by atoms with Crippen LogP contribution in [-0.4, -0.2) is 62.5 Å². The zero-order valence-electron chi connectivity index (χ0n) is 26.1. The maximum Gasteiger partial charge on any atom is 0.223 e. The van der Waals surface area contributed by atoms with E-state index in [9.17, 15) is 14.7 Å². The zero-order valence-corrected chi connectivity index (χ0v) is 26.1. The summed E-state index contributed by atoms with van der Waals surface area (Å²) < 4.78 is 16.6. The van der Waals surface area contributed by atoms with Crippen LogP contribution in [0.2, 0.25) is 0 Å². The van der Waals surface area contributed by atoms with E-state index in [-0.39, 0.29) is 42.0 Å². The van der Waals surface area contributed by atoms with Crippen molar-refractivity contribution in [3.63, 3.8) is 0 Å². The highest BCUT2D eigenvalue weighted by molar-refractivity contribution is 5.82. The molecule has 6 atom stereocenters. The van der Waals surface area contributed by atoms with Gasteiger partial charge in [-0.1, -0.05) is 46.6 Å². The topological polar surface area (TPSA) is 146 Å². The van der Waals surface area contributed by atoms with Gasteiger partial charge in [0.2, 0.25) is 11.8 Å². The maximum atomic E-state index is 13.3. The number of primary amides is 1. The van der Waals surface area contributed by atoms with E-state index < -0.39 is 18.1 Å². The van der Waals surface area contributed by atoms with Gasteiger partial charge < -0.3 is 36.1 Å². The van der Waals surface area contributed by atoms with Crippen molar-refractivity contribution in [2.24, 2.45) is 41.1 Å². The number of carbonyl (C=O) groups is 2. The Morgan fingerprint density at radius 2 is 1.73 bits per heavy atom. The number of nitrogens with two attached hydrogens (primary N) is 2. The third kappa shape index (κ3) is 11.1. The summed E-state index contributed by atoms with van der Waals surface area (Å²) in [4.78, 5) is 25.2. The first kappa shape index (κ1) is 34.8. The lowest BCUT2D eigenvalue weighted by Gasteiger charge is -2.33. The molecule has 1 aliphatic rings. The number of hydrogen-bond acceptors (Lipinski definition) is 7. The van der Waals surface area contributed by atoms with Gasteiger partial charge in [0, 0.05) is 38.1 Å². The van der Waals surface area contributed by atoms with Gasteiger partial charge in [-0.05, 0) is 67.6 Å². The Hall–Kier alpha value is -2.36. The van der Waals surface area contributed by atoms with Crippen LogP contribution in [-0.2, 0) is 20.7 Å². The first-order chi connectivity index (χ1) is 19.5. The van der Waals surface area contributed by atoms with E-state index in [4.69, 9.17) is 25.7 Å². The van der Waals surface area contributed by atoms with E-state index in [0.717, 1.165) is 37.7 Å². The fraction of sp³-hybridized carbons (Fsp3) is 0.750. The van der Waals surface area contributed by atoms with Gasteiger partial charge in [-0.15, -0.1) is 0 Å². The van der Waals surface area contributed by atoms with Crippen molar-refractivity contribution in [3.05, 3.63) is 23.8 Å². The normalized spacial score (nSPS) is 20.3. The van der Waals surface area contributed by atoms with Gasteiger partial charge in [0.1, 0.15) is 0 Å². The quantitative estimate of drug-likeness (QED) is 0.194. The van der Waals surface area contributed by atoms with Crippen LogP contribution < -0.4 is 26.3 Å². The fourth-order valence-electron chi connectivity index (χ4n) is 5.80. The minimum atomic E-state index is -0.830. The number of aliphatic hydroxyl groups is 1. The second-order valence-corrected chi connectivity index (χ2v) is 12.3. The van der Waals surface area contributed by atoms with Crippen molar-refractivity contribution < 1.29 is 28.9 Å². The molecule has 0 radical (unpaired) electrons. The molecule has 9 heteroatoms. The largest absolute Gasteiger partial charge is 0.493 e. The van der Waals surface area contributed by atoms with E-state index in [1.54, 1.807) is 14.2 Å². The Kier molecular flexibility index (Phi) is 14.9. The van der Waals surface area contributed by atoms with E-state index in [1.807, 2.05) is 32.0 Å². The number of amides is 2. The number of ether oxygens (including phenoxy) is 3. The van der Waals surface area contributed by atoms with E-state index in [2.05, 4.69) is 19.2 Å². The van der Waals surface area contributed by atoms with Crippen molar-refractivity contribution in [1.29, 1.82) is 0 Å². The Balaban J connectivity index is 2.04. The average Bonchev–Trinajstić information content (AvgIpc) is 2.93. The van der Waals surface area contributed by atoms with Crippen LogP contribution in [0, 0.1) is 29.6 Å². The van der Waals surface area contributed by atoms with Gasteiger partial charge in [-0.25, -0.2) is 0 Å². The summed E-state index contributed by atoms with van der Waals surface area (Å²) in [5.74, 6) is 0.706. The predicted molar refractivity (Wildman–Crippen MR) is 162 cm³/mol. The van der Waals surface area contributed by atoms with Crippen LogP contribution in [0.1, 0.15) is 78.2 Å². The SMILES string of the molecule is COCCCOc1cc(CC(CC(N)C(O)CC(C(=O)NC2CCCCC2C(N)=O)C(C)C)C(C)C)ccc1OC. The molecule has 0 bridgehead atoms. The molecule has 1 aromatic carbocycles. The summed E-state index contributed by atoms with van der Waals surface area (Å²) in [6, 6.07) is 5.26. The molecule has 6 unspecified atom stereocenters. The van der Waals surface area contributed by atoms with Gasteiger partial charge in [0.15, 0.2) is 11.5 Å². The number of carbonyl (C=O) groups excluding carboxylic acids is 2. The first-order valence-corrected chi connectivity index (χ1v) is 15.3. The smallest absolute Gasteiger partial charge is 0.223 e. The van der Waals surface area contributed by atoms with Crippen molar-refractivity contribution in [1.82, 2.24) is 5.32 Å². The summed E-state index contributed by atoms with van der Waals surface area (Å²) in [6.45, 7) is 9.45. The van der Waals surface area contributed by atoms with Crippen LogP contribution in [0.4, 0.5) is 0 Å². The third-order valence-electron chi connectivity index (χ3n) is 8.58. The van der Waals surface area contributed by atoms with Crippen LogP contribution in [0.3, 0.4) is 0 Å². The molecule has 1 fully saturated rings. The molecule has 0 spiro atoms. The van der Waals surface area contributed by atoms with E-state index >= 15 is 0 Å². The zero-order chi connectivity index (χ0) is 30.5. The molecule has 1 aromatic rings. The average molecular weight is 578 g/mol. The highest BCUT2D eigenvalue weighted by Gasteiger charge is 2.34. The second kappa shape index (κ2) is 17.6. The maximum absolute atomic E-state index is 13.3. The summed E-state index contributed by atoms with van der Waals surface area (Å²) in [5.41, 5.74) is 13.3. The van der Waals surface area contributed by atoms with E-state index in [0.29, 0.717) is 43.5 Å². The van der Waals surface area contributed by atoms with Gasteiger partial charge in [-0.2, -0.15) is 0 Å². The number of hydrogen-bond donors (Lipinski definition) is 4. The number of rotatable bonds is 18. The van der Waals surface area contributed by atoms with Crippen LogP contribution in [0.25, 0.3) is 0 Å². The molecule has 6 N–H and O–H groups in total. The lowest BCUT2D eigenvalue weighted by atomic mass is 9.80. The molecule has 234 valence electrons. The molecule has 1 aliphatic carbocycles. The summed E-state index contributed by atoms with van der Waals surface area (Å²) in [6.07, 6.45) is 4.97. The van der Waals surface area contributed by atoms with Crippen molar-refractivity contribution in [2.45, 2.75) is 97.2 Å². The fourth-order valence-corrected chi connectivity index (χ4v) is 5.80. The number of methoxy groups -OCH3 is 2. The first-order valence-electron chi connectivity index (χ1n) is 15.3. The van der Waals surface area contributed by atoms with Gasteiger partial charge in [0.05, 0.1) is 25.7 Å². The monoisotopic (exact) mass is 577 g/mol. The van der Waals surface area contributed by atoms with E-state index in [1.165, 1.54) is 0 Å². The summed E-state index contributed by atoms with van der Waals surface area (Å²) in [7, 11) is 3.30. The predicted octanol–water partition coefficient (Wildman–Crippen LogP) is 3.83. The standard InChI is InChI=1S/C32H55N3O6/c1-20(2)23(16-22-12-13-29(40-6)30(17-22)41-15-9-14-39-5)18-26(33)28(36)19-25(21(3)4)32(38)35-27-11-8-7-10-24(27)31(34)37/h12-13,17,20-21,23-28,36H,7-11,14-16,18-19,33H2,1-6H3,(H2,34,37)(H,35,38). The lowest BCUT2D eigenvalue weighted by Crippen LogP contribution is -2.50. The molecule has 9 nitrogen and oxygen atoms in total. The van der Waals surface area contributed by atoms with Gasteiger partial charge in [-0.3, -0.25) is 9.59 Å². The molecule has 0 saturated heterocycles. The van der Waals surface area contributed by atoms with Crippen molar-refractivity contribution in [3.8, 4) is 11.5 Å². The van der Waals surface area contributed by atoms with Gasteiger partial charge in [0.25, 0.3) is 0 Å². The third-order valence-corrected chi connectivity index (χ3v) is 8.58. The Bertz CT molecular complexity index is 940. The second-order valence-electron chi connectivity index (χ2n) is 12.3. The summed E-state index contributed by atoms with van der Waals surface area (Å²) >= 11 is 0. The molecule has 0 heterocycles. The molecule has 0 aliphatic heterocycles. The van der Waals surface area contributed by atoms with Crippen LogP contribution >= 0.6 is 0 Å².